The normalized spacial score (nSPS) is 29.0. The summed E-state index contributed by atoms with van der Waals surface area (Å²) in [5.41, 5.74) is 7.41. The van der Waals surface area contributed by atoms with Gasteiger partial charge in [-0.25, -0.2) is 0 Å². The van der Waals surface area contributed by atoms with Gasteiger partial charge in [0, 0.05) is 0 Å². The lowest BCUT2D eigenvalue weighted by Crippen LogP contribution is -2.19. The number of rotatable bonds is 6. The van der Waals surface area contributed by atoms with E-state index in [1.54, 1.807) is 16.7 Å². The number of allylic oxidation sites excluding steroid dienone is 4. The van der Waals surface area contributed by atoms with Crippen LogP contribution in [0.5, 0.6) is 0 Å². The number of benzene rings is 2. The molecule has 5 rings (SSSR count). The molecule has 2 saturated carbocycles. The third-order valence-corrected chi connectivity index (χ3v) is 9.13. The molecule has 3 aliphatic carbocycles. The molecule has 0 aliphatic heterocycles. The molecular weight excluding hydrogens is 360 g/mol. The van der Waals surface area contributed by atoms with Crippen LogP contribution in [0.15, 0.2) is 59.7 Å². The Bertz CT molecular complexity index is 1010. The van der Waals surface area contributed by atoms with E-state index in [-0.39, 0.29) is 0 Å². The second kappa shape index (κ2) is 7.40. The molecule has 0 amide bonds. The minimum absolute atomic E-state index is 0.425. The van der Waals surface area contributed by atoms with E-state index in [2.05, 4.69) is 76.2 Å². The molecule has 30 heavy (non-hydrogen) atoms. The fraction of sp³-hybridized carbons (Fsp3) is 0.533. The Balaban J connectivity index is 1.38. The van der Waals surface area contributed by atoms with Gasteiger partial charge in [0.05, 0.1) is 0 Å². The molecule has 0 spiro atoms. The summed E-state index contributed by atoms with van der Waals surface area (Å²) >= 11 is 0. The predicted molar refractivity (Wildman–Crippen MR) is 130 cm³/mol. The summed E-state index contributed by atoms with van der Waals surface area (Å²) < 4.78 is 0. The van der Waals surface area contributed by atoms with Gasteiger partial charge in [0.25, 0.3) is 0 Å². The Hall–Kier alpha value is -1.82. The first-order valence-corrected chi connectivity index (χ1v) is 12.4. The first-order chi connectivity index (χ1) is 14.4. The maximum Gasteiger partial charge on any atom is -0.00378 e. The molecule has 2 fully saturated rings. The van der Waals surface area contributed by atoms with Crippen LogP contribution in [0.25, 0.3) is 10.8 Å². The van der Waals surface area contributed by atoms with Crippen molar-refractivity contribution in [2.75, 3.05) is 0 Å². The molecule has 0 N–H and O–H groups in total. The van der Waals surface area contributed by atoms with Gasteiger partial charge in [-0.15, -0.1) is 0 Å². The zero-order valence-corrected chi connectivity index (χ0v) is 19.4. The van der Waals surface area contributed by atoms with Crippen molar-refractivity contribution in [1.82, 2.24) is 0 Å². The number of hydrogen-bond donors (Lipinski definition) is 0. The lowest BCUT2D eigenvalue weighted by atomic mass is 9.75. The Labute approximate surface area is 183 Å². The van der Waals surface area contributed by atoms with Gasteiger partial charge in [-0.2, -0.15) is 0 Å². The van der Waals surface area contributed by atoms with Crippen molar-refractivity contribution in [3.63, 3.8) is 0 Å². The standard InChI is InChI=1S/C30H38/c1-5-23-7-10-27(18-23)29-12-14-30(20-29,15-13-29)28-11-9-25-17-24(6-8-26(25)19-28)16-22(4)21(2)3/h6-11,17,19,21-22H,5,12-16,18,20H2,1-4H3. The second-order valence-electron chi connectivity index (χ2n) is 11.1. The summed E-state index contributed by atoms with van der Waals surface area (Å²) in [4.78, 5) is 0. The van der Waals surface area contributed by atoms with E-state index in [0.717, 1.165) is 11.8 Å². The fourth-order valence-electron chi connectivity index (χ4n) is 6.58. The summed E-state index contributed by atoms with van der Waals surface area (Å²) in [5, 5.41) is 2.85. The molecule has 0 nitrogen and oxygen atoms in total. The summed E-state index contributed by atoms with van der Waals surface area (Å²) in [5.74, 6) is 1.48. The summed E-state index contributed by atoms with van der Waals surface area (Å²) in [6.45, 7) is 9.35. The van der Waals surface area contributed by atoms with E-state index in [9.17, 15) is 0 Å². The predicted octanol–water partition coefficient (Wildman–Crippen LogP) is 8.54. The van der Waals surface area contributed by atoms with Crippen molar-refractivity contribution >= 4 is 10.8 Å². The molecule has 2 aromatic rings. The van der Waals surface area contributed by atoms with Gasteiger partial charge >= 0.3 is 0 Å². The van der Waals surface area contributed by atoms with Crippen molar-refractivity contribution in [3.05, 3.63) is 70.8 Å². The molecule has 0 heteroatoms. The van der Waals surface area contributed by atoms with Crippen molar-refractivity contribution in [3.8, 4) is 0 Å². The van der Waals surface area contributed by atoms with Gasteiger partial charge in [0.15, 0.2) is 0 Å². The quantitative estimate of drug-likeness (QED) is 0.457. The van der Waals surface area contributed by atoms with Crippen LogP contribution < -0.4 is 0 Å². The maximum absolute atomic E-state index is 2.53. The molecule has 0 aromatic heterocycles. The van der Waals surface area contributed by atoms with Gasteiger partial charge in [0.1, 0.15) is 0 Å². The van der Waals surface area contributed by atoms with Crippen molar-refractivity contribution in [2.24, 2.45) is 17.3 Å². The number of fused-ring (bicyclic) bond motifs is 3. The van der Waals surface area contributed by atoms with Crippen LogP contribution >= 0.6 is 0 Å². The zero-order chi connectivity index (χ0) is 20.9. The molecule has 1 unspecified atom stereocenters. The first-order valence-electron chi connectivity index (χ1n) is 12.4. The molecule has 1 atom stereocenters. The molecular formula is C30H38. The third-order valence-electron chi connectivity index (χ3n) is 9.13. The Kier molecular flexibility index (Phi) is 4.96. The lowest BCUT2D eigenvalue weighted by Gasteiger charge is -2.29. The Morgan fingerprint density at radius 2 is 1.53 bits per heavy atom. The molecule has 0 heterocycles. The van der Waals surface area contributed by atoms with Crippen molar-refractivity contribution in [1.29, 1.82) is 0 Å². The molecule has 158 valence electrons. The van der Waals surface area contributed by atoms with Crippen LogP contribution in [-0.4, -0.2) is 0 Å². The third kappa shape index (κ3) is 3.28. The van der Waals surface area contributed by atoms with Crippen molar-refractivity contribution in [2.45, 2.75) is 84.5 Å². The smallest absolute Gasteiger partial charge is 0.00378 e. The largest absolute Gasteiger partial charge is 0.0664 e. The average Bonchev–Trinajstić information content (AvgIpc) is 3.48. The highest BCUT2D eigenvalue weighted by molar-refractivity contribution is 5.84. The zero-order valence-electron chi connectivity index (χ0n) is 19.4. The Morgan fingerprint density at radius 1 is 0.833 bits per heavy atom. The minimum Gasteiger partial charge on any atom is -0.0664 e. The summed E-state index contributed by atoms with van der Waals surface area (Å²) in [7, 11) is 0. The first kappa shape index (κ1) is 20.1. The van der Waals surface area contributed by atoms with Gasteiger partial charge in [0.2, 0.25) is 0 Å². The van der Waals surface area contributed by atoms with E-state index in [1.807, 2.05) is 0 Å². The van der Waals surface area contributed by atoms with Crippen LogP contribution in [0.3, 0.4) is 0 Å². The highest BCUT2D eigenvalue weighted by Crippen LogP contribution is 2.66. The van der Waals surface area contributed by atoms with Gasteiger partial charge < -0.3 is 0 Å². The van der Waals surface area contributed by atoms with E-state index in [1.165, 1.54) is 67.7 Å². The molecule has 0 radical (unpaired) electrons. The molecule has 3 aliphatic rings. The highest BCUT2D eigenvalue weighted by Gasteiger charge is 2.56. The van der Waals surface area contributed by atoms with E-state index in [4.69, 9.17) is 0 Å². The fourth-order valence-corrected chi connectivity index (χ4v) is 6.58. The van der Waals surface area contributed by atoms with Crippen LogP contribution in [0.2, 0.25) is 0 Å². The van der Waals surface area contributed by atoms with Gasteiger partial charge in [-0.05, 0) is 95.9 Å². The maximum atomic E-state index is 2.53. The monoisotopic (exact) mass is 398 g/mol. The van der Waals surface area contributed by atoms with E-state index >= 15 is 0 Å². The number of hydrogen-bond acceptors (Lipinski definition) is 0. The van der Waals surface area contributed by atoms with E-state index < -0.39 is 0 Å². The lowest BCUT2D eigenvalue weighted by molar-refractivity contribution is 0.347. The van der Waals surface area contributed by atoms with Gasteiger partial charge in [-0.3, -0.25) is 0 Å². The SMILES string of the molecule is CCC1=CC=C(C23CCC(c4ccc5cc(CC(C)C(C)C)ccc5c4)(CC2)C3)C1. The second-order valence-corrected chi connectivity index (χ2v) is 11.1. The Morgan fingerprint density at radius 3 is 2.23 bits per heavy atom. The average molecular weight is 399 g/mol. The molecule has 0 saturated heterocycles. The van der Waals surface area contributed by atoms with E-state index in [0.29, 0.717) is 10.8 Å². The van der Waals surface area contributed by atoms with Crippen LogP contribution in [-0.2, 0) is 11.8 Å². The molecule has 2 aromatic carbocycles. The van der Waals surface area contributed by atoms with Crippen LogP contribution in [0, 0.1) is 17.3 Å². The summed E-state index contributed by atoms with van der Waals surface area (Å²) in [6.07, 6.45) is 15.5. The van der Waals surface area contributed by atoms with Crippen LogP contribution in [0.4, 0.5) is 0 Å². The minimum atomic E-state index is 0.425. The topological polar surface area (TPSA) is 0 Å². The molecule has 2 bridgehead atoms. The van der Waals surface area contributed by atoms with Crippen molar-refractivity contribution < 1.29 is 0 Å². The highest BCUT2D eigenvalue weighted by atomic mass is 14.6. The van der Waals surface area contributed by atoms with Gasteiger partial charge in [-0.1, -0.05) is 87.4 Å². The summed E-state index contributed by atoms with van der Waals surface area (Å²) in [6, 6.07) is 14.6. The van der Waals surface area contributed by atoms with Crippen LogP contribution in [0.1, 0.15) is 83.8 Å².